The van der Waals surface area contributed by atoms with E-state index in [1.54, 1.807) is 0 Å². The third-order valence-corrected chi connectivity index (χ3v) is 2.21. The van der Waals surface area contributed by atoms with E-state index in [0.717, 1.165) is 12.3 Å². The second-order valence-corrected chi connectivity index (χ2v) is 3.19. The molecule has 0 spiro atoms. The van der Waals surface area contributed by atoms with Gasteiger partial charge in [0.05, 0.1) is 11.8 Å². The molecule has 1 aliphatic rings. The number of aromatic nitrogens is 1. The van der Waals surface area contributed by atoms with Gasteiger partial charge in [0, 0.05) is 6.54 Å². The van der Waals surface area contributed by atoms with Crippen LogP contribution in [-0.2, 0) is 4.79 Å². The zero-order valence-electron chi connectivity index (χ0n) is 7.53. The fraction of sp³-hybridized carbons (Fsp3) is 0.222. The second kappa shape index (κ2) is 3.30. The van der Waals surface area contributed by atoms with Crippen molar-refractivity contribution in [3.63, 3.8) is 0 Å². The molecule has 0 aromatic carbocycles. The van der Waals surface area contributed by atoms with Crippen LogP contribution >= 0.6 is 0 Å². The number of pyridine rings is 1. The van der Waals surface area contributed by atoms with Gasteiger partial charge in [-0.3, -0.25) is 9.59 Å². The van der Waals surface area contributed by atoms with Gasteiger partial charge in [0.15, 0.2) is 5.78 Å². The van der Waals surface area contributed by atoms with Crippen molar-refractivity contribution >= 4 is 17.6 Å². The normalized spacial score (nSPS) is 19.3. The summed E-state index contributed by atoms with van der Waals surface area (Å²) in [7, 11) is 0. The molecule has 78 valence electrons. The Kier molecular flexibility index (Phi) is 2.11. The van der Waals surface area contributed by atoms with Crippen molar-refractivity contribution in [2.24, 2.45) is 5.92 Å². The molecule has 0 amide bonds. The molecule has 1 atom stereocenters. The molecule has 0 bridgehead atoms. The van der Waals surface area contributed by atoms with Crippen LogP contribution in [0.1, 0.15) is 10.4 Å². The Morgan fingerprint density at radius 1 is 1.67 bits per heavy atom. The monoisotopic (exact) mass is 210 g/mol. The highest BCUT2D eigenvalue weighted by atomic mass is 19.1. The maximum Gasteiger partial charge on any atom is 0.316 e. The summed E-state index contributed by atoms with van der Waals surface area (Å²) in [5, 5.41) is 11.4. The summed E-state index contributed by atoms with van der Waals surface area (Å²) in [6.07, 6.45) is 0.972. The van der Waals surface area contributed by atoms with Gasteiger partial charge in [0.25, 0.3) is 0 Å². The Morgan fingerprint density at radius 3 is 3.07 bits per heavy atom. The van der Waals surface area contributed by atoms with Gasteiger partial charge in [-0.05, 0) is 6.07 Å². The minimum absolute atomic E-state index is 0.00588. The van der Waals surface area contributed by atoms with Crippen molar-refractivity contribution in [3.05, 3.63) is 23.6 Å². The molecule has 5 nitrogen and oxygen atoms in total. The summed E-state index contributed by atoms with van der Waals surface area (Å²) < 4.78 is 12.8. The molecular formula is C9H7FN2O3. The third-order valence-electron chi connectivity index (χ3n) is 2.21. The largest absolute Gasteiger partial charge is 0.481 e. The smallest absolute Gasteiger partial charge is 0.316 e. The third kappa shape index (κ3) is 1.54. The summed E-state index contributed by atoms with van der Waals surface area (Å²) >= 11 is 0. The maximum absolute atomic E-state index is 12.8. The number of carboxylic acid groups (broad SMARTS) is 1. The number of rotatable bonds is 1. The fourth-order valence-electron chi connectivity index (χ4n) is 1.45. The topological polar surface area (TPSA) is 79.3 Å². The number of carbonyl (C=O) groups excluding carboxylic acids is 1. The Morgan fingerprint density at radius 2 is 2.40 bits per heavy atom. The van der Waals surface area contributed by atoms with Crippen LogP contribution in [0.4, 0.5) is 10.2 Å². The summed E-state index contributed by atoms with van der Waals surface area (Å²) in [4.78, 5) is 25.9. The molecule has 0 saturated carbocycles. The number of carbonyl (C=O) groups is 2. The van der Waals surface area contributed by atoms with E-state index in [-0.39, 0.29) is 17.9 Å². The van der Waals surface area contributed by atoms with Gasteiger partial charge < -0.3 is 10.4 Å². The van der Waals surface area contributed by atoms with Gasteiger partial charge in [0.2, 0.25) is 0 Å². The molecule has 1 aromatic heterocycles. The standard InChI is InChI=1S/C9H7FN2O3/c10-4-1-5-7(13)6(9(14)15)3-12-8(5)11-2-4/h1-2,6H,3H2,(H,11,12)(H,14,15). The van der Waals surface area contributed by atoms with Gasteiger partial charge in [-0.25, -0.2) is 9.37 Å². The van der Waals surface area contributed by atoms with Crippen LogP contribution in [0.15, 0.2) is 12.3 Å². The molecule has 0 aliphatic carbocycles. The van der Waals surface area contributed by atoms with Crippen molar-refractivity contribution in [3.8, 4) is 0 Å². The predicted molar refractivity (Wildman–Crippen MR) is 48.1 cm³/mol. The number of anilines is 1. The number of nitrogens with zero attached hydrogens (tertiary/aromatic N) is 1. The summed E-state index contributed by atoms with van der Waals surface area (Å²) in [6.45, 7) is -0.0141. The Hall–Kier alpha value is -1.98. The van der Waals surface area contributed by atoms with Gasteiger partial charge >= 0.3 is 5.97 Å². The highest BCUT2D eigenvalue weighted by molar-refractivity contribution is 6.12. The number of ketones is 1. The van der Waals surface area contributed by atoms with E-state index in [1.165, 1.54) is 0 Å². The number of Topliss-reactive ketones (excluding diaryl/α,β-unsaturated/α-hetero) is 1. The lowest BCUT2D eigenvalue weighted by molar-refractivity contribution is -0.139. The van der Waals surface area contributed by atoms with Crippen LogP contribution in [0.2, 0.25) is 0 Å². The summed E-state index contributed by atoms with van der Waals surface area (Å²) in [5.74, 6) is -3.42. The van der Waals surface area contributed by atoms with E-state index in [2.05, 4.69) is 10.3 Å². The van der Waals surface area contributed by atoms with E-state index in [0.29, 0.717) is 0 Å². The first-order chi connectivity index (χ1) is 7.09. The van der Waals surface area contributed by atoms with Crippen LogP contribution in [-0.4, -0.2) is 28.4 Å². The number of hydrogen-bond acceptors (Lipinski definition) is 4. The number of carboxylic acids is 1. The lowest BCUT2D eigenvalue weighted by Gasteiger charge is -2.20. The van der Waals surface area contributed by atoms with Crippen LogP contribution in [0.3, 0.4) is 0 Å². The zero-order chi connectivity index (χ0) is 11.0. The number of halogens is 1. The van der Waals surface area contributed by atoms with Crippen molar-refractivity contribution in [1.29, 1.82) is 0 Å². The predicted octanol–water partition coefficient (Wildman–Crippen LogP) is 0.530. The maximum atomic E-state index is 12.8. The molecule has 0 radical (unpaired) electrons. The number of fused-ring (bicyclic) bond motifs is 1. The SMILES string of the molecule is O=C(O)C1CNc2ncc(F)cc2C1=O. The highest BCUT2D eigenvalue weighted by Gasteiger charge is 2.33. The molecule has 2 heterocycles. The fourth-order valence-corrected chi connectivity index (χ4v) is 1.45. The van der Waals surface area contributed by atoms with Crippen LogP contribution in [0.25, 0.3) is 0 Å². The van der Waals surface area contributed by atoms with Crippen LogP contribution < -0.4 is 5.32 Å². The molecule has 6 heteroatoms. The first-order valence-electron chi connectivity index (χ1n) is 4.26. The summed E-state index contributed by atoms with van der Waals surface area (Å²) in [5.41, 5.74) is -0.00588. The van der Waals surface area contributed by atoms with E-state index in [9.17, 15) is 14.0 Å². The molecule has 15 heavy (non-hydrogen) atoms. The minimum Gasteiger partial charge on any atom is -0.481 e. The average molecular weight is 210 g/mol. The van der Waals surface area contributed by atoms with Crippen LogP contribution in [0.5, 0.6) is 0 Å². The number of hydrogen-bond donors (Lipinski definition) is 2. The Labute approximate surface area is 83.9 Å². The average Bonchev–Trinajstić information content (AvgIpc) is 2.19. The first-order valence-corrected chi connectivity index (χ1v) is 4.26. The van der Waals surface area contributed by atoms with Crippen molar-refractivity contribution in [2.45, 2.75) is 0 Å². The molecule has 2 rings (SSSR count). The van der Waals surface area contributed by atoms with Crippen molar-refractivity contribution in [1.82, 2.24) is 4.98 Å². The second-order valence-electron chi connectivity index (χ2n) is 3.19. The van der Waals surface area contributed by atoms with Gasteiger partial charge in [-0.15, -0.1) is 0 Å². The van der Waals surface area contributed by atoms with Crippen molar-refractivity contribution < 1.29 is 19.1 Å². The molecule has 2 N–H and O–H groups in total. The first kappa shape index (κ1) is 9.57. The molecule has 1 aliphatic heterocycles. The van der Waals surface area contributed by atoms with Crippen molar-refractivity contribution in [2.75, 3.05) is 11.9 Å². The summed E-state index contributed by atoms with van der Waals surface area (Å²) in [6, 6.07) is 0.993. The van der Waals surface area contributed by atoms with Gasteiger partial charge in [0.1, 0.15) is 17.6 Å². The van der Waals surface area contributed by atoms with Crippen LogP contribution in [0, 0.1) is 11.7 Å². The van der Waals surface area contributed by atoms with E-state index >= 15 is 0 Å². The quantitative estimate of drug-likeness (QED) is 0.661. The zero-order valence-corrected chi connectivity index (χ0v) is 7.53. The molecular weight excluding hydrogens is 203 g/mol. The van der Waals surface area contributed by atoms with Gasteiger partial charge in [-0.2, -0.15) is 0 Å². The molecule has 0 fully saturated rings. The molecule has 1 unspecified atom stereocenters. The van der Waals surface area contributed by atoms with E-state index in [1.807, 2.05) is 0 Å². The molecule has 0 saturated heterocycles. The number of nitrogens with one attached hydrogen (secondary N) is 1. The van der Waals surface area contributed by atoms with Gasteiger partial charge in [-0.1, -0.05) is 0 Å². The highest BCUT2D eigenvalue weighted by Crippen LogP contribution is 2.23. The Bertz CT molecular complexity index is 447. The van der Waals surface area contributed by atoms with E-state index in [4.69, 9.17) is 5.11 Å². The Balaban J connectivity index is 2.45. The number of aliphatic carboxylic acids is 1. The van der Waals surface area contributed by atoms with E-state index < -0.39 is 23.5 Å². The lowest BCUT2D eigenvalue weighted by Crippen LogP contribution is -2.35. The minimum atomic E-state index is -1.22. The lowest BCUT2D eigenvalue weighted by atomic mass is 9.94. The molecule has 1 aromatic rings.